The van der Waals surface area contributed by atoms with Crippen LogP contribution in [0.25, 0.3) is 0 Å². The molecule has 1 aliphatic heterocycles. The summed E-state index contributed by atoms with van der Waals surface area (Å²) in [6.07, 6.45) is 0.624. The van der Waals surface area contributed by atoms with Crippen molar-refractivity contribution in [3.05, 3.63) is 0 Å². The van der Waals surface area contributed by atoms with Crippen molar-refractivity contribution in [1.29, 1.82) is 0 Å². The second kappa shape index (κ2) is 4.86. The first-order valence-electron chi connectivity index (χ1n) is 4.68. The summed E-state index contributed by atoms with van der Waals surface area (Å²) in [4.78, 5) is 13.0. The van der Waals surface area contributed by atoms with Crippen LogP contribution in [-0.4, -0.2) is 45.5 Å². The van der Waals surface area contributed by atoms with E-state index in [9.17, 15) is 9.00 Å². The molecular weight excluding hydrogens is 186 g/mol. The van der Waals surface area contributed by atoms with E-state index in [-0.39, 0.29) is 11.0 Å². The highest BCUT2D eigenvalue weighted by atomic mass is 32.2. The van der Waals surface area contributed by atoms with Crippen molar-refractivity contribution in [2.45, 2.75) is 25.5 Å². The van der Waals surface area contributed by atoms with Gasteiger partial charge in [-0.1, -0.05) is 0 Å². The average Bonchev–Trinajstić information content (AvgIpc) is 2.07. The first-order valence-corrected chi connectivity index (χ1v) is 6.07. The number of nitrogens with zero attached hydrogens (tertiary/aromatic N) is 1. The van der Waals surface area contributed by atoms with E-state index in [1.54, 1.807) is 6.92 Å². The van der Waals surface area contributed by atoms with Crippen molar-refractivity contribution >= 4 is 16.6 Å². The van der Waals surface area contributed by atoms with Crippen molar-refractivity contribution in [3.8, 4) is 0 Å². The van der Waals surface area contributed by atoms with Gasteiger partial charge < -0.3 is 4.90 Å². The second-order valence-corrected chi connectivity index (χ2v) is 5.62. The zero-order chi connectivity index (χ0) is 9.84. The molecule has 0 spiro atoms. The zero-order valence-corrected chi connectivity index (χ0v) is 9.10. The molecule has 1 fully saturated rings. The fraction of sp³-hybridized carbons (Fsp3) is 0.889. The normalized spacial score (nSPS) is 30.3. The van der Waals surface area contributed by atoms with Gasteiger partial charge in [-0.25, -0.2) is 0 Å². The van der Waals surface area contributed by atoms with E-state index >= 15 is 0 Å². The Bertz CT molecular complexity index is 218. The molecule has 1 aliphatic rings. The van der Waals surface area contributed by atoms with Gasteiger partial charge in [-0.3, -0.25) is 9.00 Å². The van der Waals surface area contributed by atoms with E-state index in [2.05, 4.69) is 4.90 Å². The standard InChI is InChI=1S/C9H17NO2S/c1-8(11)3-4-10-5-6-13(12)9(2)7-10/h9H,3-7H2,1-2H3. The molecule has 4 heteroatoms. The van der Waals surface area contributed by atoms with Crippen LogP contribution in [0.3, 0.4) is 0 Å². The number of hydrogen-bond acceptors (Lipinski definition) is 3. The molecule has 0 aromatic carbocycles. The largest absolute Gasteiger partial charge is 0.301 e. The van der Waals surface area contributed by atoms with E-state index in [1.807, 2.05) is 6.92 Å². The summed E-state index contributed by atoms with van der Waals surface area (Å²) < 4.78 is 11.3. The Labute approximate surface area is 81.9 Å². The monoisotopic (exact) mass is 203 g/mol. The van der Waals surface area contributed by atoms with Crippen molar-refractivity contribution in [2.24, 2.45) is 0 Å². The molecule has 1 rings (SSSR count). The molecule has 3 nitrogen and oxygen atoms in total. The van der Waals surface area contributed by atoms with Gasteiger partial charge in [0, 0.05) is 47.9 Å². The third-order valence-electron chi connectivity index (χ3n) is 2.35. The minimum atomic E-state index is -0.647. The van der Waals surface area contributed by atoms with Gasteiger partial charge in [-0.15, -0.1) is 0 Å². The van der Waals surface area contributed by atoms with Crippen molar-refractivity contribution in [3.63, 3.8) is 0 Å². The number of carbonyl (C=O) groups excluding carboxylic acids is 1. The van der Waals surface area contributed by atoms with Gasteiger partial charge in [0.15, 0.2) is 0 Å². The Hall–Kier alpha value is -0.220. The van der Waals surface area contributed by atoms with E-state index in [1.165, 1.54) is 0 Å². The molecule has 0 radical (unpaired) electrons. The lowest BCUT2D eigenvalue weighted by molar-refractivity contribution is -0.117. The van der Waals surface area contributed by atoms with Crippen LogP contribution in [-0.2, 0) is 15.6 Å². The Morgan fingerprint density at radius 2 is 2.31 bits per heavy atom. The summed E-state index contributed by atoms with van der Waals surface area (Å²) in [5.41, 5.74) is 0. The highest BCUT2D eigenvalue weighted by molar-refractivity contribution is 7.85. The maximum atomic E-state index is 11.3. The molecule has 0 bridgehead atoms. The Morgan fingerprint density at radius 1 is 1.62 bits per heavy atom. The van der Waals surface area contributed by atoms with E-state index in [0.717, 1.165) is 25.4 Å². The van der Waals surface area contributed by atoms with E-state index < -0.39 is 10.8 Å². The van der Waals surface area contributed by atoms with Gasteiger partial charge in [0.25, 0.3) is 0 Å². The van der Waals surface area contributed by atoms with Crippen LogP contribution in [0.4, 0.5) is 0 Å². The molecule has 0 N–H and O–H groups in total. The molecule has 2 unspecified atom stereocenters. The van der Waals surface area contributed by atoms with Crippen molar-refractivity contribution in [2.75, 3.05) is 25.4 Å². The van der Waals surface area contributed by atoms with Crippen LogP contribution in [0.1, 0.15) is 20.3 Å². The van der Waals surface area contributed by atoms with Gasteiger partial charge in [0.1, 0.15) is 5.78 Å². The summed E-state index contributed by atoms with van der Waals surface area (Å²) in [5.74, 6) is 0.998. The Kier molecular flexibility index (Phi) is 4.06. The van der Waals surface area contributed by atoms with Crippen LogP contribution in [0.2, 0.25) is 0 Å². The molecule has 0 aliphatic carbocycles. The molecule has 1 saturated heterocycles. The topological polar surface area (TPSA) is 37.4 Å². The smallest absolute Gasteiger partial charge is 0.131 e. The van der Waals surface area contributed by atoms with E-state index in [0.29, 0.717) is 6.42 Å². The quantitative estimate of drug-likeness (QED) is 0.667. The predicted molar refractivity (Wildman–Crippen MR) is 54.2 cm³/mol. The first-order chi connectivity index (χ1) is 6.09. The van der Waals surface area contributed by atoms with Crippen LogP contribution in [0.15, 0.2) is 0 Å². The van der Waals surface area contributed by atoms with E-state index in [4.69, 9.17) is 0 Å². The molecule has 2 atom stereocenters. The number of Topliss-reactive ketones (excluding diaryl/α,β-unsaturated/α-hetero) is 1. The van der Waals surface area contributed by atoms with Crippen LogP contribution >= 0.6 is 0 Å². The van der Waals surface area contributed by atoms with Crippen molar-refractivity contribution in [1.82, 2.24) is 4.90 Å². The summed E-state index contributed by atoms with van der Waals surface area (Å²) in [7, 11) is -0.647. The van der Waals surface area contributed by atoms with Gasteiger partial charge in [-0.05, 0) is 13.8 Å². The van der Waals surface area contributed by atoms with Gasteiger partial charge in [0.05, 0.1) is 0 Å². The Morgan fingerprint density at radius 3 is 2.85 bits per heavy atom. The Balaban J connectivity index is 2.29. The minimum absolute atomic E-state index is 0.236. The zero-order valence-electron chi connectivity index (χ0n) is 8.28. The SMILES string of the molecule is CC(=O)CCN1CCS(=O)C(C)C1. The summed E-state index contributed by atoms with van der Waals surface area (Å²) >= 11 is 0. The maximum absolute atomic E-state index is 11.3. The van der Waals surface area contributed by atoms with Crippen LogP contribution < -0.4 is 0 Å². The molecule has 76 valence electrons. The number of ketones is 1. The second-order valence-electron chi connectivity index (χ2n) is 3.65. The van der Waals surface area contributed by atoms with Gasteiger partial charge >= 0.3 is 0 Å². The van der Waals surface area contributed by atoms with Gasteiger partial charge in [0.2, 0.25) is 0 Å². The lowest BCUT2D eigenvalue weighted by atomic mass is 10.3. The molecular formula is C9H17NO2S. The summed E-state index contributed by atoms with van der Waals surface area (Å²) in [6.45, 7) is 6.21. The fourth-order valence-electron chi connectivity index (χ4n) is 1.48. The first kappa shape index (κ1) is 10.9. The maximum Gasteiger partial charge on any atom is 0.131 e. The predicted octanol–water partition coefficient (Wildman–Crippen LogP) is 0.418. The van der Waals surface area contributed by atoms with Crippen molar-refractivity contribution < 1.29 is 9.00 Å². The lowest BCUT2D eigenvalue weighted by Gasteiger charge is -2.29. The molecule has 1 heterocycles. The fourth-order valence-corrected chi connectivity index (χ4v) is 2.69. The van der Waals surface area contributed by atoms with Crippen LogP contribution in [0.5, 0.6) is 0 Å². The number of carbonyl (C=O) groups is 1. The molecule has 0 aromatic heterocycles. The minimum Gasteiger partial charge on any atom is -0.301 e. The highest BCUT2D eigenvalue weighted by Gasteiger charge is 2.21. The third-order valence-corrected chi connectivity index (χ3v) is 3.98. The number of rotatable bonds is 3. The van der Waals surface area contributed by atoms with Crippen LogP contribution in [0, 0.1) is 0 Å². The molecule has 0 saturated carbocycles. The summed E-state index contributed by atoms with van der Waals surface area (Å²) in [6, 6.07) is 0. The highest BCUT2D eigenvalue weighted by Crippen LogP contribution is 2.08. The third kappa shape index (κ3) is 3.56. The molecule has 13 heavy (non-hydrogen) atoms. The van der Waals surface area contributed by atoms with Gasteiger partial charge in [-0.2, -0.15) is 0 Å². The molecule has 0 amide bonds. The average molecular weight is 203 g/mol. The number of hydrogen-bond donors (Lipinski definition) is 0. The lowest BCUT2D eigenvalue weighted by Crippen LogP contribution is -2.43. The summed E-state index contributed by atoms with van der Waals surface area (Å²) in [5, 5.41) is 0.265. The molecule has 0 aromatic rings.